The number of alkyl halides is 1. The first-order valence-corrected chi connectivity index (χ1v) is 7.84. The van der Waals surface area contributed by atoms with Crippen LogP contribution in [0, 0.1) is 6.92 Å². The fraction of sp³-hybridized carbons (Fsp3) is 0.471. The van der Waals surface area contributed by atoms with Crippen LogP contribution in [0.4, 0.5) is 0 Å². The number of hydrogen-bond donors (Lipinski definition) is 0. The van der Waals surface area contributed by atoms with Crippen LogP contribution in [0.2, 0.25) is 0 Å². The van der Waals surface area contributed by atoms with Crippen molar-refractivity contribution in [3.8, 4) is 0 Å². The Morgan fingerprint density at radius 2 is 2.10 bits per heavy atom. The molecule has 1 aromatic carbocycles. The SMILES string of the molecule is CCC(C)n1ccc(CC(CCl)c2cccc(C)c2)n1. The molecule has 0 fully saturated rings. The molecule has 0 amide bonds. The molecule has 2 unspecified atom stereocenters. The van der Waals surface area contributed by atoms with Gasteiger partial charge in [0.25, 0.3) is 0 Å². The van der Waals surface area contributed by atoms with Crippen molar-refractivity contribution in [1.29, 1.82) is 0 Å². The summed E-state index contributed by atoms with van der Waals surface area (Å²) in [6.07, 6.45) is 4.07. The minimum Gasteiger partial charge on any atom is -0.270 e. The Morgan fingerprint density at radius 1 is 1.30 bits per heavy atom. The number of aryl methyl sites for hydroxylation is 1. The van der Waals surface area contributed by atoms with Crippen LogP contribution in [0.5, 0.6) is 0 Å². The van der Waals surface area contributed by atoms with Gasteiger partial charge in [0.15, 0.2) is 0 Å². The first-order valence-electron chi connectivity index (χ1n) is 7.30. The summed E-state index contributed by atoms with van der Waals surface area (Å²) in [4.78, 5) is 0. The molecule has 2 aromatic rings. The molecule has 0 N–H and O–H groups in total. The van der Waals surface area contributed by atoms with Crippen molar-refractivity contribution in [1.82, 2.24) is 9.78 Å². The van der Waals surface area contributed by atoms with Crippen molar-refractivity contribution in [3.63, 3.8) is 0 Å². The Labute approximate surface area is 126 Å². The van der Waals surface area contributed by atoms with Gasteiger partial charge in [0, 0.05) is 24.0 Å². The molecule has 1 aromatic heterocycles. The summed E-state index contributed by atoms with van der Waals surface area (Å²) in [5.41, 5.74) is 3.71. The number of halogens is 1. The van der Waals surface area contributed by atoms with Crippen LogP contribution < -0.4 is 0 Å². The average Bonchev–Trinajstić information content (AvgIpc) is 2.92. The van der Waals surface area contributed by atoms with Crippen molar-refractivity contribution in [2.75, 3.05) is 5.88 Å². The molecular weight excluding hydrogens is 268 g/mol. The topological polar surface area (TPSA) is 17.8 Å². The Bertz CT molecular complexity index is 547. The fourth-order valence-electron chi connectivity index (χ4n) is 2.36. The van der Waals surface area contributed by atoms with E-state index in [-0.39, 0.29) is 0 Å². The molecule has 3 heteroatoms. The lowest BCUT2D eigenvalue weighted by Crippen LogP contribution is -2.08. The summed E-state index contributed by atoms with van der Waals surface area (Å²) >= 11 is 6.17. The van der Waals surface area contributed by atoms with Crippen LogP contribution in [0.3, 0.4) is 0 Å². The molecule has 1 heterocycles. The first-order chi connectivity index (χ1) is 9.63. The smallest absolute Gasteiger partial charge is 0.0631 e. The summed E-state index contributed by atoms with van der Waals surface area (Å²) in [6, 6.07) is 11.2. The lowest BCUT2D eigenvalue weighted by atomic mass is 9.95. The number of aromatic nitrogens is 2. The largest absolute Gasteiger partial charge is 0.270 e. The van der Waals surface area contributed by atoms with E-state index < -0.39 is 0 Å². The molecule has 0 bridgehead atoms. The highest BCUT2D eigenvalue weighted by Crippen LogP contribution is 2.23. The molecule has 108 valence electrons. The molecule has 2 nitrogen and oxygen atoms in total. The van der Waals surface area contributed by atoms with E-state index in [0.29, 0.717) is 17.8 Å². The van der Waals surface area contributed by atoms with E-state index in [1.807, 2.05) is 0 Å². The van der Waals surface area contributed by atoms with Crippen LogP contribution in [0.25, 0.3) is 0 Å². The van der Waals surface area contributed by atoms with Gasteiger partial charge in [-0.25, -0.2) is 0 Å². The lowest BCUT2D eigenvalue weighted by Gasteiger charge is -2.14. The third kappa shape index (κ3) is 3.63. The van der Waals surface area contributed by atoms with Gasteiger partial charge < -0.3 is 0 Å². The fourth-order valence-corrected chi connectivity index (χ4v) is 2.64. The molecule has 0 radical (unpaired) electrons. The van der Waals surface area contributed by atoms with Gasteiger partial charge in [-0.15, -0.1) is 11.6 Å². The third-order valence-corrected chi connectivity index (χ3v) is 4.23. The second-order valence-corrected chi connectivity index (χ2v) is 5.82. The molecule has 20 heavy (non-hydrogen) atoms. The number of nitrogens with zero attached hydrogens (tertiary/aromatic N) is 2. The summed E-state index contributed by atoms with van der Waals surface area (Å²) in [7, 11) is 0. The van der Waals surface area contributed by atoms with Gasteiger partial charge in [0.05, 0.1) is 5.69 Å². The minimum atomic E-state index is 0.330. The number of rotatable bonds is 6. The second kappa shape index (κ2) is 6.94. The highest BCUT2D eigenvalue weighted by Gasteiger charge is 2.14. The van der Waals surface area contributed by atoms with Gasteiger partial charge in [0.1, 0.15) is 0 Å². The molecule has 0 spiro atoms. The second-order valence-electron chi connectivity index (χ2n) is 5.51. The Kier molecular flexibility index (Phi) is 5.24. The van der Waals surface area contributed by atoms with E-state index in [4.69, 9.17) is 11.6 Å². The molecule has 2 rings (SSSR count). The quantitative estimate of drug-likeness (QED) is 0.703. The molecule has 0 aliphatic rings. The standard InChI is InChI=1S/C17H23ClN2/c1-4-14(3)20-9-8-17(19-20)11-16(12-18)15-7-5-6-13(2)10-15/h5-10,14,16H,4,11-12H2,1-3H3. The molecular formula is C17H23ClN2. The highest BCUT2D eigenvalue weighted by atomic mass is 35.5. The summed E-state index contributed by atoms with van der Waals surface area (Å²) in [5.74, 6) is 0.955. The molecule has 0 aliphatic carbocycles. The lowest BCUT2D eigenvalue weighted by molar-refractivity contribution is 0.472. The van der Waals surface area contributed by atoms with Gasteiger partial charge >= 0.3 is 0 Å². The van der Waals surface area contributed by atoms with Gasteiger partial charge in [0.2, 0.25) is 0 Å². The molecule has 0 aliphatic heterocycles. The predicted octanol–water partition coefficient (Wildman–Crippen LogP) is 4.73. The summed E-state index contributed by atoms with van der Waals surface area (Å²) in [6.45, 7) is 6.49. The van der Waals surface area contributed by atoms with Gasteiger partial charge in [-0.2, -0.15) is 5.10 Å². The van der Waals surface area contributed by atoms with Crippen LogP contribution in [-0.2, 0) is 6.42 Å². The Hall–Kier alpha value is -1.28. The monoisotopic (exact) mass is 290 g/mol. The van der Waals surface area contributed by atoms with E-state index in [0.717, 1.165) is 18.5 Å². The van der Waals surface area contributed by atoms with Gasteiger partial charge in [-0.05, 0) is 38.3 Å². The van der Waals surface area contributed by atoms with Crippen LogP contribution >= 0.6 is 11.6 Å². The van der Waals surface area contributed by atoms with Crippen molar-refractivity contribution in [3.05, 3.63) is 53.3 Å². The molecule has 2 atom stereocenters. The maximum absolute atomic E-state index is 6.17. The van der Waals surface area contributed by atoms with Crippen LogP contribution in [0.1, 0.15) is 49.0 Å². The average molecular weight is 291 g/mol. The van der Waals surface area contributed by atoms with E-state index in [1.165, 1.54) is 11.1 Å². The zero-order valence-corrected chi connectivity index (χ0v) is 13.3. The van der Waals surface area contributed by atoms with Crippen molar-refractivity contribution < 1.29 is 0 Å². The van der Waals surface area contributed by atoms with E-state index in [2.05, 4.69) is 67.1 Å². The molecule has 0 saturated carbocycles. The Balaban J connectivity index is 2.12. The minimum absolute atomic E-state index is 0.330. The Morgan fingerprint density at radius 3 is 2.75 bits per heavy atom. The maximum atomic E-state index is 6.17. The normalized spacial score (nSPS) is 14.2. The van der Waals surface area contributed by atoms with Gasteiger partial charge in [-0.1, -0.05) is 36.8 Å². The summed E-state index contributed by atoms with van der Waals surface area (Å²) < 4.78 is 2.05. The van der Waals surface area contributed by atoms with E-state index >= 15 is 0 Å². The number of hydrogen-bond acceptors (Lipinski definition) is 1. The van der Waals surface area contributed by atoms with Gasteiger partial charge in [-0.3, -0.25) is 4.68 Å². The maximum Gasteiger partial charge on any atom is 0.0631 e. The van der Waals surface area contributed by atoms with Crippen molar-refractivity contribution >= 4 is 11.6 Å². The number of benzene rings is 1. The summed E-state index contributed by atoms with van der Waals surface area (Å²) in [5, 5.41) is 4.67. The van der Waals surface area contributed by atoms with E-state index in [9.17, 15) is 0 Å². The van der Waals surface area contributed by atoms with Crippen LogP contribution in [0.15, 0.2) is 36.5 Å². The molecule has 0 saturated heterocycles. The van der Waals surface area contributed by atoms with Crippen LogP contribution in [-0.4, -0.2) is 15.7 Å². The first kappa shape index (κ1) is 15.1. The van der Waals surface area contributed by atoms with Crippen molar-refractivity contribution in [2.45, 2.75) is 45.6 Å². The van der Waals surface area contributed by atoms with Crippen molar-refractivity contribution in [2.24, 2.45) is 0 Å². The zero-order valence-electron chi connectivity index (χ0n) is 12.5. The zero-order chi connectivity index (χ0) is 14.5. The predicted molar refractivity (Wildman–Crippen MR) is 85.6 cm³/mol. The van der Waals surface area contributed by atoms with E-state index in [1.54, 1.807) is 0 Å². The third-order valence-electron chi connectivity index (χ3n) is 3.86. The highest BCUT2D eigenvalue weighted by molar-refractivity contribution is 6.18.